The van der Waals surface area contributed by atoms with Crippen LogP contribution in [0.5, 0.6) is 5.88 Å². The van der Waals surface area contributed by atoms with Crippen LogP contribution in [0.25, 0.3) is 0 Å². The highest BCUT2D eigenvalue weighted by atomic mass is 19.4. The standard InChI is InChI=1S/C8H5F3N2O5/c1-3-2-4(13(16)17)5(7(14)15)6(12-3)18-8(9,10)11/h2H,1H3,(H,14,15). The highest BCUT2D eigenvalue weighted by Gasteiger charge is 2.37. The molecule has 0 spiro atoms. The number of carboxylic acids is 1. The summed E-state index contributed by atoms with van der Waals surface area (Å²) in [5.41, 5.74) is -2.44. The van der Waals surface area contributed by atoms with E-state index in [0.29, 0.717) is 0 Å². The third-order valence-corrected chi connectivity index (χ3v) is 1.72. The van der Waals surface area contributed by atoms with Gasteiger partial charge in [-0.1, -0.05) is 0 Å². The van der Waals surface area contributed by atoms with Crippen LogP contribution in [0.2, 0.25) is 0 Å². The molecule has 0 aliphatic carbocycles. The lowest BCUT2D eigenvalue weighted by atomic mass is 10.2. The van der Waals surface area contributed by atoms with Gasteiger partial charge in [-0.15, -0.1) is 13.2 Å². The summed E-state index contributed by atoms with van der Waals surface area (Å²) in [6, 6.07) is 0.743. The molecule has 1 aromatic rings. The molecule has 1 heterocycles. The van der Waals surface area contributed by atoms with Crippen molar-refractivity contribution in [2.24, 2.45) is 0 Å². The van der Waals surface area contributed by atoms with Gasteiger partial charge in [-0.05, 0) is 6.92 Å². The van der Waals surface area contributed by atoms with Crippen molar-refractivity contribution >= 4 is 11.7 Å². The van der Waals surface area contributed by atoms with Crippen LogP contribution < -0.4 is 4.74 Å². The lowest BCUT2D eigenvalue weighted by Gasteiger charge is -2.10. The summed E-state index contributed by atoms with van der Waals surface area (Å²) in [7, 11) is 0. The molecule has 0 aliphatic rings. The molecule has 0 bridgehead atoms. The minimum atomic E-state index is -5.20. The van der Waals surface area contributed by atoms with Gasteiger partial charge < -0.3 is 9.84 Å². The first kappa shape index (κ1) is 13.7. The molecule has 7 nitrogen and oxygen atoms in total. The molecule has 0 unspecified atom stereocenters. The summed E-state index contributed by atoms with van der Waals surface area (Å²) in [6.45, 7) is 1.17. The van der Waals surface area contributed by atoms with E-state index in [1.54, 1.807) is 0 Å². The average molecular weight is 266 g/mol. The van der Waals surface area contributed by atoms with E-state index in [0.717, 1.165) is 6.07 Å². The summed E-state index contributed by atoms with van der Waals surface area (Å²) in [5.74, 6) is -3.30. The van der Waals surface area contributed by atoms with Crippen molar-refractivity contribution in [2.45, 2.75) is 13.3 Å². The summed E-state index contributed by atoms with van der Waals surface area (Å²) in [4.78, 5) is 23.4. The van der Waals surface area contributed by atoms with Crippen molar-refractivity contribution in [2.75, 3.05) is 0 Å². The zero-order chi connectivity index (χ0) is 14.1. The smallest absolute Gasteiger partial charge is 0.477 e. The molecule has 1 rings (SSSR count). The number of alkyl halides is 3. The Kier molecular flexibility index (Phi) is 3.39. The lowest BCUT2D eigenvalue weighted by molar-refractivity contribution is -0.385. The molecule has 0 amide bonds. The maximum Gasteiger partial charge on any atom is 0.574 e. The fraction of sp³-hybridized carbons (Fsp3) is 0.250. The molecule has 1 N–H and O–H groups in total. The molecule has 18 heavy (non-hydrogen) atoms. The van der Waals surface area contributed by atoms with E-state index < -0.39 is 34.4 Å². The Morgan fingerprint density at radius 2 is 2.11 bits per heavy atom. The Morgan fingerprint density at radius 3 is 2.50 bits per heavy atom. The van der Waals surface area contributed by atoms with Crippen molar-refractivity contribution in [3.8, 4) is 5.88 Å². The Hall–Kier alpha value is -2.39. The van der Waals surface area contributed by atoms with E-state index in [9.17, 15) is 28.1 Å². The Bertz CT molecular complexity index is 514. The van der Waals surface area contributed by atoms with E-state index in [1.165, 1.54) is 6.92 Å². The number of nitro groups is 1. The number of nitrogens with zero attached hydrogens (tertiary/aromatic N) is 2. The van der Waals surface area contributed by atoms with Gasteiger partial charge in [0, 0.05) is 11.8 Å². The molecule has 98 valence electrons. The van der Waals surface area contributed by atoms with Gasteiger partial charge in [-0.2, -0.15) is 0 Å². The zero-order valence-corrected chi connectivity index (χ0v) is 8.69. The van der Waals surface area contributed by atoms with E-state index in [2.05, 4.69) is 9.72 Å². The quantitative estimate of drug-likeness (QED) is 0.662. The molecule has 0 aliphatic heterocycles. The maximum absolute atomic E-state index is 12.0. The predicted octanol–water partition coefficient (Wildman–Crippen LogP) is 1.90. The first-order valence-electron chi connectivity index (χ1n) is 4.27. The molecule has 1 aromatic heterocycles. The Balaban J connectivity index is 3.49. The maximum atomic E-state index is 12.0. The number of pyridine rings is 1. The zero-order valence-electron chi connectivity index (χ0n) is 8.69. The Labute approximate surface area is 97.0 Å². The number of carboxylic acid groups (broad SMARTS) is 1. The largest absolute Gasteiger partial charge is 0.574 e. The van der Waals surface area contributed by atoms with E-state index in [1.807, 2.05) is 0 Å². The van der Waals surface area contributed by atoms with Crippen LogP contribution in [0.15, 0.2) is 6.07 Å². The van der Waals surface area contributed by atoms with Crippen LogP contribution >= 0.6 is 0 Å². The number of rotatable bonds is 3. The van der Waals surface area contributed by atoms with Crippen LogP contribution in [0, 0.1) is 17.0 Å². The predicted molar refractivity (Wildman–Crippen MR) is 49.3 cm³/mol. The minimum absolute atomic E-state index is 0.175. The summed E-state index contributed by atoms with van der Waals surface area (Å²) >= 11 is 0. The summed E-state index contributed by atoms with van der Waals surface area (Å²) < 4.78 is 39.4. The first-order chi connectivity index (χ1) is 8.11. The molecule has 0 saturated heterocycles. The monoisotopic (exact) mass is 266 g/mol. The third kappa shape index (κ3) is 3.06. The SMILES string of the molecule is Cc1cc([N+](=O)[O-])c(C(=O)O)c(OC(F)(F)F)n1. The molecule has 0 saturated carbocycles. The molecule has 0 aromatic carbocycles. The van der Waals surface area contributed by atoms with Crippen LogP contribution in [0.3, 0.4) is 0 Å². The molecule has 10 heteroatoms. The highest BCUT2D eigenvalue weighted by Crippen LogP contribution is 2.31. The molecule has 0 radical (unpaired) electrons. The van der Waals surface area contributed by atoms with Crippen LogP contribution in [0.1, 0.15) is 16.1 Å². The normalized spacial score (nSPS) is 11.1. The van der Waals surface area contributed by atoms with Crippen molar-refractivity contribution in [3.63, 3.8) is 0 Å². The highest BCUT2D eigenvalue weighted by molar-refractivity contribution is 5.95. The van der Waals surface area contributed by atoms with Crippen LogP contribution in [-0.4, -0.2) is 27.3 Å². The summed E-state index contributed by atoms with van der Waals surface area (Å²) in [5, 5.41) is 19.3. The Morgan fingerprint density at radius 1 is 1.56 bits per heavy atom. The van der Waals surface area contributed by atoms with Crippen molar-refractivity contribution < 1.29 is 32.7 Å². The number of aryl methyl sites for hydroxylation is 1. The second kappa shape index (κ2) is 4.47. The number of halogens is 3. The van der Waals surface area contributed by atoms with Gasteiger partial charge in [-0.25, -0.2) is 9.78 Å². The topological polar surface area (TPSA) is 103 Å². The lowest BCUT2D eigenvalue weighted by Crippen LogP contribution is -2.21. The minimum Gasteiger partial charge on any atom is -0.477 e. The van der Waals surface area contributed by atoms with Crippen LogP contribution in [-0.2, 0) is 0 Å². The molecular weight excluding hydrogens is 261 g/mol. The first-order valence-corrected chi connectivity index (χ1v) is 4.27. The van der Waals surface area contributed by atoms with Gasteiger partial charge in [0.05, 0.1) is 4.92 Å². The van der Waals surface area contributed by atoms with E-state index >= 15 is 0 Å². The van der Waals surface area contributed by atoms with Crippen molar-refractivity contribution in [1.82, 2.24) is 4.98 Å². The van der Waals surface area contributed by atoms with E-state index in [4.69, 9.17) is 5.11 Å². The van der Waals surface area contributed by atoms with Gasteiger partial charge in [0.2, 0.25) is 5.88 Å². The second-order valence-corrected chi connectivity index (χ2v) is 3.07. The van der Waals surface area contributed by atoms with Gasteiger partial charge >= 0.3 is 12.3 Å². The number of aromatic carboxylic acids is 1. The average Bonchev–Trinajstić information content (AvgIpc) is 2.12. The van der Waals surface area contributed by atoms with Crippen LogP contribution in [0.4, 0.5) is 18.9 Å². The van der Waals surface area contributed by atoms with Gasteiger partial charge in [0.1, 0.15) is 0 Å². The second-order valence-electron chi connectivity index (χ2n) is 3.07. The van der Waals surface area contributed by atoms with Gasteiger partial charge in [-0.3, -0.25) is 10.1 Å². The summed E-state index contributed by atoms with van der Waals surface area (Å²) in [6.07, 6.45) is -5.20. The van der Waals surface area contributed by atoms with Crippen molar-refractivity contribution in [1.29, 1.82) is 0 Å². The number of carbonyl (C=O) groups is 1. The number of hydrogen-bond donors (Lipinski definition) is 1. The molecule has 0 fully saturated rings. The fourth-order valence-corrected chi connectivity index (χ4v) is 1.16. The van der Waals surface area contributed by atoms with E-state index in [-0.39, 0.29) is 5.69 Å². The fourth-order valence-electron chi connectivity index (χ4n) is 1.16. The third-order valence-electron chi connectivity index (χ3n) is 1.72. The number of hydrogen-bond acceptors (Lipinski definition) is 5. The van der Waals surface area contributed by atoms with Gasteiger partial charge in [0.15, 0.2) is 5.56 Å². The van der Waals surface area contributed by atoms with Gasteiger partial charge in [0.25, 0.3) is 5.69 Å². The van der Waals surface area contributed by atoms with Crippen molar-refractivity contribution in [3.05, 3.63) is 27.4 Å². The number of aromatic nitrogens is 1. The number of ether oxygens (including phenoxy) is 1. The molecular formula is C8H5F3N2O5. The molecule has 0 atom stereocenters.